The summed E-state index contributed by atoms with van der Waals surface area (Å²) in [4.78, 5) is 24.2. The number of hydrogen-bond acceptors (Lipinski definition) is 6. The quantitative estimate of drug-likeness (QED) is 0.557. The Morgan fingerprint density at radius 1 is 1.04 bits per heavy atom. The van der Waals surface area contributed by atoms with Crippen molar-refractivity contribution >= 4 is 24.3 Å². The molecule has 0 heterocycles. The van der Waals surface area contributed by atoms with E-state index in [1.165, 1.54) is 14.2 Å². The van der Waals surface area contributed by atoms with E-state index in [1.807, 2.05) is 26.0 Å². The summed E-state index contributed by atoms with van der Waals surface area (Å²) in [5.41, 5.74) is 6.88. The molecule has 0 atom stereocenters. The molecule has 0 aliphatic heterocycles. The molecule has 0 bridgehead atoms. The average Bonchev–Trinajstić information content (AvgIpc) is 2.59. The summed E-state index contributed by atoms with van der Waals surface area (Å²) < 4.78 is 15.1. The predicted molar refractivity (Wildman–Crippen MR) is 97.8 cm³/mol. The van der Waals surface area contributed by atoms with Crippen LogP contribution in [0.1, 0.15) is 19.4 Å². The number of rotatable bonds is 8. The molecule has 0 spiro atoms. The highest BCUT2D eigenvalue weighted by molar-refractivity contribution is 6.00. The van der Waals surface area contributed by atoms with Crippen molar-refractivity contribution < 1.29 is 23.8 Å². The molecule has 6 nitrogen and oxygen atoms in total. The van der Waals surface area contributed by atoms with Crippen LogP contribution in [0.2, 0.25) is 0 Å². The van der Waals surface area contributed by atoms with Crippen LogP contribution in [0.15, 0.2) is 35.4 Å². The molecule has 0 aliphatic carbocycles. The molecule has 2 N–H and O–H groups in total. The second-order valence-corrected chi connectivity index (χ2v) is 5.49. The van der Waals surface area contributed by atoms with Crippen molar-refractivity contribution in [3.63, 3.8) is 0 Å². The van der Waals surface area contributed by atoms with Crippen LogP contribution >= 0.6 is 12.4 Å². The standard InChI is InChI=1S/C18H25NO5.ClH/c1-12(2)16(18(21)23-4)15(17(20)22-3)11-13-5-7-14(8-6-13)24-10-9-19;/h5-8,12H,9-11,19H2,1-4H3;1H/b16-15-;. The van der Waals surface area contributed by atoms with Gasteiger partial charge in [-0.2, -0.15) is 0 Å². The van der Waals surface area contributed by atoms with E-state index in [-0.39, 0.29) is 24.7 Å². The number of halogens is 1. The van der Waals surface area contributed by atoms with E-state index in [2.05, 4.69) is 0 Å². The largest absolute Gasteiger partial charge is 0.492 e. The Morgan fingerprint density at radius 2 is 1.60 bits per heavy atom. The molecule has 0 aromatic heterocycles. The lowest BCUT2D eigenvalue weighted by Gasteiger charge is -2.15. The predicted octanol–water partition coefficient (Wildman–Crippen LogP) is 2.29. The first-order chi connectivity index (χ1) is 11.4. The van der Waals surface area contributed by atoms with Crippen LogP contribution in [0.5, 0.6) is 5.75 Å². The Balaban J connectivity index is 0.00000576. The Morgan fingerprint density at radius 3 is 2.04 bits per heavy atom. The minimum atomic E-state index is -0.535. The zero-order chi connectivity index (χ0) is 18.1. The van der Waals surface area contributed by atoms with Gasteiger partial charge >= 0.3 is 11.9 Å². The molecule has 1 aromatic rings. The van der Waals surface area contributed by atoms with Crippen LogP contribution < -0.4 is 10.5 Å². The van der Waals surface area contributed by atoms with E-state index < -0.39 is 11.9 Å². The van der Waals surface area contributed by atoms with Crippen molar-refractivity contribution in [2.45, 2.75) is 20.3 Å². The number of esters is 2. The van der Waals surface area contributed by atoms with E-state index in [0.29, 0.717) is 30.0 Å². The Hall–Kier alpha value is -2.05. The lowest BCUT2D eigenvalue weighted by Crippen LogP contribution is -2.20. The van der Waals surface area contributed by atoms with Gasteiger partial charge in [0.25, 0.3) is 0 Å². The maximum atomic E-state index is 12.2. The first kappa shape index (κ1) is 22.9. The van der Waals surface area contributed by atoms with Gasteiger partial charge in [-0.05, 0) is 23.6 Å². The fraction of sp³-hybridized carbons (Fsp3) is 0.444. The second-order valence-electron chi connectivity index (χ2n) is 5.49. The van der Waals surface area contributed by atoms with Crippen molar-refractivity contribution in [2.75, 3.05) is 27.4 Å². The number of benzene rings is 1. The van der Waals surface area contributed by atoms with Crippen LogP contribution in [0, 0.1) is 5.92 Å². The van der Waals surface area contributed by atoms with Gasteiger partial charge in [-0.3, -0.25) is 0 Å². The average molecular weight is 372 g/mol. The molecule has 0 fully saturated rings. The van der Waals surface area contributed by atoms with Crippen molar-refractivity contribution in [3.05, 3.63) is 41.0 Å². The topological polar surface area (TPSA) is 87.9 Å². The molecule has 0 aliphatic rings. The van der Waals surface area contributed by atoms with Crippen molar-refractivity contribution in [1.29, 1.82) is 0 Å². The molecular formula is C18H26ClNO5. The molecule has 1 rings (SSSR count). The summed E-state index contributed by atoms with van der Waals surface area (Å²) in [6.07, 6.45) is 0.270. The second kappa shape index (κ2) is 11.5. The van der Waals surface area contributed by atoms with Gasteiger partial charge in [0.2, 0.25) is 0 Å². The van der Waals surface area contributed by atoms with E-state index in [9.17, 15) is 9.59 Å². The van der Waals surface area contributed by atoms with E-state index in [0.717, 1.165) is 5.56 Å². The number of ether oxygens (including phenoxy) is 3. The molecule has 0 saturated heterocycles. The first-order valence-electron chi connectivity index (χ1n) is 7.76. The van der Waals surface area contributed by atoms with Gasteiger partial charge in [0.15, 0.2) is 0 Å². The molecule has 25 heavy (non-hydrogen) atoms. The summed E-state index contributed by atoms with van der Waals surface area (Å²) in [6.45, 7) is 4.54. The Labute approximate surface area is 154 Å². The third-order valence-corrected chi connectivity index (χ3v) is 3.43. The van der Waals surface area contributed by atoms with Gasteiger partial charge in [0, 0.05) is 13.0 Å². The minimum Gasteiger partial charge on any atom is -0.492 e. The SMILES string of the molecule is COC(=O)/C(Cc1ccc(OCCN)cc1)=C(\C(=O)OC)C(C)C.Cl. The minimum absolute atomic E-state index is 0. The molecule has 7 heteroatoms. The monoisotopic (exact) mass is 371 g/mol. The van der Waals surface area contributed by atoms with Crippen LogP contribution in [0.3, 0.4) is 0 Å². The fourth-order valence-corrected chi connectivity index (χ4v) is 2.30. The zero-order valence-corrected chi connectivity index (χ0v) is 15.9. The van der Waals surface area contributed by atoms with E-state index >= 15 is 0 Å². The first-order valence-corrected chi connectivity index (χ1v) is 7.76. The van der Waals surface area contributed by atoms with Crippen LogP contribution in [-0.4, -0.2) is 39.3 Å². The Kier molecular flexibility index (Phi) is 10.6. The zero-order valence-electron chi connectivity index (χ0n) is 15.0. The van der Waals surface area contributed by atoms with E-state index in [4.69, 9.17) is 19.9 Å². The lowest BCUT2D eigenvalue weighted by molar-refractivity contribution is -0.139. The highest BCUT2D eigenvalue weighted by Crippen LogP contribution is 2.23. The van der Waals surface area contributed by atoms with Gasteiger partial charge in [0.05, 0.1) is 25.4 Å². The van der Waals surface area contributed by atoms with E-state index in [1.54, 1.807) is 12.1 Å². The van der Waals surface area contributed by atoms with Gasteiger partial charge in [-0.25, -0.2) is 9.59 Å². The van der Waals surface area contributed by atoms with Crippen LogP contribution in [0.25, 0.3) is 0 Å². The maximum absolute atomic E-state index is 12.2. The molecule has 1 aromatic carbocycles. The van der Waals surface area contributed by atoms with Crippen LogP contribution in [0.4, 0.5) is 0 Å². The summed E-state index contributed by atoms with van der Waals surface area (Å²) in [5.74, 6) is -0.524. The normalized spacial score (nSPS) is 11.3. The maximum Gasteiger partial charge on any atom is 0.334 e. The highest BCUT2D eigenvalue weighted by Gasteiger charge is 2.25. The number of methoxy groups -OCH3 is 2. The lowest BCUT2D eigenvalue weighted by atomic mass is 9.93. The smallest absolute Gasteiger partial charge is 0.334 e. The fourth-order valence-electron chi connectivity index (χ4n) is 2.30. The number of carbonyl (C=O) groups excluding carboxylic acids is 2. The molecular weight excluding hydrogens is 346 g/mol. The molecule has 140 valence electrons. The number of nitrogens with two attached hydrogens (primary N) is 1. The molecule has 0 saturated carbocycles. The summed E-state index contributed by atoms with van der Waals surface area (Å²) in [7, 11) is 2.59. The van der Waals surface area contributed by atoms with Crippen molar-refractivity contribution in [3.8, 4) is 5.75 Å². The third kappa shape index (κ3) is 6.76. The molecule has 0 amide bonds. The summed E-state index contributed by atoms with van der Waals surface area (Å²) in [6, 6.07) is 7.27. The Bertz CT molecular complexity index is 596. The van der Waals surface area contributed by atoms with Crippen molar-refractivity contribution in [1.82, 2.24) is 0 Å². The number of carbonyl (C=O) groups is 2. The van der Waals surface area contributed by atoms with Crippen LogP contribution in [-0.2, 0) is 25.5 Å². The van der Waals surface area contributed by atoms with Gasteiger partial charge in [-0.1, -0.05) is 26.0 Å². The number of hydrogen-bond donors (Lipinski definition) is 1. The van der Waals surface area contributed by atoms with Gasteiger partial charge in [-0.15, -0.1) is 12.4 Å². The van der Waals surface area contributed by atoms with Gasteiger partial charge in [0.1, 0.15) is 12.4 Å². The third-order valence-electron chi connectivity index (χ3n) is 3.43. The highest BCUT2D eigenvalue weighted by atomic mass is 35.5. The van der Waals surface area contributed by atoms with Gasteiger partial charge < -0.3 is 19.9 Å². The molecule has 0 unspecified atom stereocenters. The summed E-state index contributed by atoms with van der Waals surface area (Å²) in [5, 5.41) is 0. The molecule has 0 radical (unpaired) electrons. The van der Waals surface area contributed by atoms with Crippen molar-refractivity contribution in [2.24, 2.45) is 11.7 Å². The summed E-state index contributed by atoms with van der Waals surface area (Å²) >= 11 is 0.